The molecule has 1 aromatic rings. The second-order valence-corrected chi connectivity index (χ2v) is 8.72. The topological polar surface area (TPSA) is 70.0 Å². The molecule has 0 aromatic heterocycles. The van der Waals surface area contributed by atoms with Gasteiger partial charge in [0.2, 0.25) is 0 Å². The van der Waals surface area contributed by atoms with Crippen LogP contribution < -0.4 is 17.1 Å². The zero-order chi connectivity index (χ0) is 17.0. The van der Waals surface area contributed by atoms with Gasteiger partial charge in [-0.05, 0) is 56.2 Å². The Bertz CT molecular complexity index is 809. The number of ether oxygens (including phenoxy) is 1. The molecule has 0 radical (unpaired) electrons. The molecule has 1 aromatic carbocycles. The fraction of sp³-hybridized carbons (Fsp3) is 0.650. The van der Waals surface area contributed by atoms with Crippen LogP contribution in [0, 0.1) is 5.92 Å². The number of nitrogens with zero attached hydrogens (tertiary/aromatic N) is 1. The van der Waals surface area contributed by atoms with Gasteiger partial charge in [-0.1, -0.05) is 6.07 Å². The van der Waals surface area contributed by atoms with Crippen molar-refractivity contribution in [2.24, 2.45) is 5.92 Å². The van der Waals surface area contributed by atoms with Gasteiger partial charge in [-0.2, -0.15) is 0 Å². The molecule has 3 aliphatic carbocycles. The van der Waals surface area contributed by atoms with Gasteiger partial charge >= 0.3 is 0 Å². The van der Waals surface area contributed by atoms with Crippen LogP contribution in [0.15, 0.2) is 12.1 Å². The summed E-state index contributed by atoms with van der Waals surface area (Å²) in [4.78, 5) is 15.2. The van der Waals surface area contributed by atoms with Crippen LogP contribution in [0.5, 0.6) is 11.5 Å². The number of carbonyl (C=O) groups excluding carboxylic acids is 1. The molecule has 1 spiro atoms. The van der Waals surface area contributed by atoms with Crippen molar-refractivity contribution in [2.45, 2.75) is 61.7 Å². The van der Waals surface area contributed by atoms with Crippen LogP contribution in [0.3, 0.4) is 0 Å². The van der Waals surface area contributed by atoms with E-state index in [2.05, 4.69) is 4.90 Å². The van der Waals surface area contributed by atoms with Gasteiger partial charge in [0, 0.05) is 24.6 Å². The van der Waals surface area contributed by atoms with Crippen molar-refractivity contribution in [1.82, 2.24) is 4.90 Å². The summed E-state index contributed by atoms with van der Waals surface area (Å²) in [5.41, 5.74) is 0.454. The maximum absolute atomic E-state index is 12.7. The highest BCUT2D eigenvalue weighted by molar-refractivity contribution is 5.90. The number of phenols is 1. The number of Topliss-reactive ketones (excluding diaryl/α,β-unsaturated/α-hetero) is 1. The number of benzene rings is 1. The summed E-state index contributed by atoms with van der Waals surface area (Å²) in [6.07, 6.45) is 4.33. The monoisotopic (exact) mass is 376 g/mol. The molecule has 0 amide bonds. The van der Waals surface area contributed by atoms with E-state index in [0.29, 0.717) is 18.6 Å². The number of hydrogen-bond donors (Lipinski definition) is 2. The number of phenolic OH excluding ortho intramolecular Hbond substituents is 1. The molecule has 26 heavy (non-hydrogen) atoms. The molecule has 2 aliphatic heterocycles. The van der Waals surface area contributed by atoms with Crippen LogP contribution in [0.25, 0.3) is 0 Å². The van der Waals surface area contributed by atoms with Crippen molar-refractivity contribution in [3.05, 3.63) is 23.3 Å². The number of aromatic hydroxyl groups is 1. The minimum Gasteiger partial charge on any atom is -1.00 e. The molecule has 140 valence electrons. The van der Waals surface area contributed by atoms with Gasteiger partial charge in [0.15, 0.2) is 23.4 Å². The Morgan fingerprint density at radius 2 is 2.08 bits per heavy atom. The summed E-state index contributed by atoms with van der Waals surface area (Å²) >= 11 is 0. The van der Waals surface area contributed by atoms with E-state index in [9.17, 15) is 15.0 Å². The molecule has 1 saturated heterocycles. The van der Waals surface area contributed by atoms with Gasteiger partial charge in [-0.15, -0.1) is 0 Å². The fourth-order valence-electron chi connectivity index (χ4n) is 6.26. The zero-order valence-corrected chi connectivity index (χ0v) is 15.3. The lowest BCUT2D eigenvalue weighted by atomic mass is 9.49. The van der Waals surface area contributed by atoms with E-state index in [1.807, 2.05) is 6.07 Å². The van der Waals surface area contributed by atoms with E-state index < -0.39 is 17.1 Å². The van der Waals surface area contributed by atoms with Gasteiger partial charge in [0.25, 0.3) is 0 Å². The number of hydrogen-bond acceptors (Lipinski definition) is 5. The standard InChI is InChI=1S/C20H23NO4.ClH/c22-13-4-3-12-9-15-20(24)6-5-14(23)18-19(20,16(12)17(13)25-18)7-8-21(15)10-11-1-2-11;/h3-4,11,15,18,22,24H,1-2,5-10H2;1H/p-1/t15?,18-,19?,20+;/m0./s1. The van der Waals surface area contributed by atoms with E-state index in [1.54, 1.807) is 6.07 Å². The average molecular weight is 377 g/mol. The highest BCUT2D eigenvalue weighted by Crippen LogP contribution is 2.64. The van der Waals surface area contributed by atoms with E-state index >= 15 is 0 Å². The largest absolute Gasteiger partial charge is 1.00 e. The van der Waals surface area contributed by atoms with Gasteiger partial charge in [-0.3, -0.25) is 9.69 Å². The second kappa shape index (κ2) is 5.15. The number of ketones is 1. The zero-order valence-electron chi connectivity index (χ0n) is 14.6. The van der Waals surface area contributed by atoms with Crippen LogP contribution in [0.4, 0.5) is 0 Å². The Labute approximate surface area is 158 Å². The van der Waals surface area contributed by atoms with Gasteiger partial charge in [-0.25, -0.2) is 0 Å². The first-order valence-electron chi connectivity index (χ1n) is 9.56. The molecule has 2 heterocycles. The van der Waals surface area contributed by atoms with Crippen molar-refractivity contribution in [1.29, 1.82) is 0 Å². The lowest BCUT2D eigenvalue weighted by Gasteiger charge is -2.62. The molecule has 2 bridgehead atoms. The van der Waals surface area contributed by atoms with Crippen LogP contribution in [-0.4, -0.2) is 51.7 Å². The Morgan fingerprint density at radius 1 is 1.27 bits per heavy atom. The summed E-state index contributed by atoms with van der Waals surface area (Å²) in [5.74, 6) is 1.39. The summed E-state index contributed by atoms with van der Waals surface area (Å²) in [5, 5.41) is 22.3. The smallest absolute Gasteiger partial charge is 0.174 e. The van der Waals surface area contributed by atoms with Crippen molar-refractivity contribution in [3.8, 4) is 11.5 Å². The maximum Gasteiger partial charge on any atom is 0.174 e. The number of piperidine rings is 1. The molecule has 2 saturated carbocycles. The number of carbonyl (C=O) groups is 1. The maximum atomic E-state index is 12.7. The summed E-state index contributed by atoms with van der Waals surface area (Å²) in [7, 11) is 0. The predicted molar refractivity (Wildman–Crippen MR) is 89.8 cm³/mol. The average Bonchev–Trinajstić information content (AvgIpc) is 3.32. The first-order chi connectivity index (χ1) is 12.0. The quantitative estimate of drug-likeness (QED) is 0.659. The van der Waals surface area contributed by atoms with Crippen molar-refractivity contribution < 1.29 is 32.2 Å². The first-order valence-corrected chi connectivity index (χ1v) is 9.56. The predicted octanol–water partition coefficient (Wildman–Crippen LogP) is -1.47. The van der Waals surface area contributed by atoms with Crippen LogP contribution in [0.2, 0.25) is 0 Å². The summed E-state index contributed by atoms with van der Waals surface area (Å²) in [6, 6.07) is 3.69. The molecule has 2 N–H and O–H groups in total. The van der Waals surface area contributed by atoms with E-state index in [4.69, 9.17) is 4.74 Å². The van der Waals surface area contributed by atoms with Crippen LogP contribution in [-0.2, 0) is 16.6 Å². The Morgan fingerprint density at radius 3 is 2.85 bits per heavy atom. The molecule has 3 fully saturated rings. The van der Waals surface area contributed by atoms with E-state index in [0.717, 1.165) is 43.0 Å². The van der Waals surface area contributed by atoms with Gasteiger partial charge in [0.1, 0.15) is 0 Å². The van der Waals surface area contributed by atoms with Crippen molar-refractivity contribution >= 4 is 5.78 Å². The van der Waals surface area contributed by atoms with E-state index in [1.165, 1.54) is 12.8 Å². The fourth-order valence-corrected chi connectivity index (χ4v) is 6.26. The third-order valence-corrected chi connectivity index (χ3v) is 7.56. The minimum atomic E-state index is -0.940. The van der Waals surface area contributed by atoms with Gasteiger partial charge < -0.3 is 27.4 Å². The number of rotatable bonds is 2. The molecule has 5 nitrogen and oxygen atoms in total. The van der Waals surface area contributed by atoms with E-state index in [-0.39, 0.29) is 30.0 Å². The molecule has 2 unspecified atom stereocenters. The summed E-state index contributed by atoms with van der Waals surface area (Å²) < 4.78 is 6.04. The third kappa shape index (κ3) is 1.77. The number of likely N-dealkylation sites (tertiary alicyclic amines) is 1. The normalized spacial score (nSPS) is 39.8. The molecular formula is C20H23ClNO4-. The minimum absolute atomic E-state index is 0. The molecule has 6 rings (SSSR count). The highest BCUT2D eigenvalue weighted by atomic mass is 35.5. The van der Waals surface area contributed by atoms with Crippen molar-refractivity contribution in [2.75, 3.05) is 13.1 Å². The molecule has 6 heteroatoms. The second-order valence-electron chi connectivity index (χ2n) is 8.72. The Kier molecular flexibility index (Phi) is 3.34. The van der Waals surface area contributed by atoms with Crippen LogP contribution >= 0.6 is 0 Å². The van der Waals surface area contributed by atoms with Gasteiger partial charge in [0.05, 0.1) is 11.0 Å². The van der Waals surface area contributed by atoms with Crippen LogP contribution in [0.1, 0.15) is 43.2 Å². The lowest BCUT2D eigenvalue weighted by Crippen LogP contribution is -3.00. The Hall–Kier alpha value is -1.30. The lowest BCUT2D eigenvalue weighted by molar-refractivity contribution is -0.188. The molecular weight excluding hydrogens is 354 g/mol. The molecule has 5 aliphatic rings. The van der Waals surface area contributed by atoms with Crippen molar-refractivity contribution in [3.63, 3.8) is 0 Å². The molecule has 4 atom stereocenters. The third-order valence-electron chi connectivity index (χ3n) is 7.56. The SMILES string of the molecule is O=C1CC[C@@]2(O)C3Cc4ccc(O)c5c4C2(CCN3CC2CC2)[C@H]1O5.[Cl-]. The number of halogens is 1. The first kappa shape index (κ1) is 16.8. The Balaban J connectivity index is 0.00000150. The summed E-state index contributed by atoms with van der Waals surface area (Å²) in [6.45, 7) is 1.95. The number of aliphatic hydroxyl groups is 1. The highest BCUT2D eigenvalue weighted by Gasteiger charge is 2.73.